The van der Waals surface area contributed by atoms with Crippen molar-refractivity contribution in [2.45, 2.75) is 18.9 Å². The third kappa shape index (κ3) is 4.37. The Morgan fingerprint density at radius 2 is 1.73 bits per heavy atom. The molecule has 6 nitrogen and oxygen atoms in total. The molecular formula is C22H19F2N3O3. The minimum absolute atomic E-state index is 0.0795. The fourth-order valence-corrected chi connectivity index (χ4v) is 3.41. The van der Waals surface area contributed by atoms with Crippen molar-refractivity contribution in [2.75, 3.05) is 13.1 Å². The van der Waals surface area contributed by atoms with E-state index < -0.39 is 11.6 Å². The lowest BCUT2D eigenvalue weighted by Gasteiger charge is -2.31. The summed E-state index contributed by atoms with van der Waals surface area (Å²) in [4.78, 5) is 26.6. The molecule has 0 aliphatic carbocycles. The molecule has 0 atom stereocenters. The normalized spacial score (nSPS) is 14.5. The second-order valence-corrected chi connectivity index (χ2v) is 7.13. The van der Waals surface area contributed by atoms with E-state index in [4.69, 9.17) is 4.52 Å². The molecule has 4 rings (SSSR count). The lowest BCUT2D eigenvalue weighted by molar-refractivity contribution is 0.0658. The monoisotopic (exact) mass is 411 g/mol. The topological polar surface area (TPSA) is 75.4 Å². The van der Waals surface area contributed by atoms with Gasteiger partial charge in [-0.3, -0.25) is 9.59 Å². The Labute approximate surface area is 171 Å². The Balaban J connectivity index is 1.33. The Hall–Kier alpha value is -3.55. The second-order valence-electron chi connectivity index (χ2n) is 7.13. The molecule has 1 saturated heterocycles. The number of halogens is 2. The number of aromatic nitrogens is 1. The van der Waals surface area contributed by atoms with E-state index in [2.05, 4.69) is 10.5 Å². The average molecular weight is 411 g/mol. The van der Waals surface area contributed by atoms with Gasteiger partial charge in [0.05, 0.1) is 0 Å². The Kier molecular flexibility index (Phi) is 5.56. The first-order valence-corrected chi connectivity index (χ1v) is 9.58. The zero-order chi connectivity index (χ0) is 21.1. The van der Waals surface area contributed by atoms with Gasteiger partial charge in [-0.2, -0.15) is 0 Å². The molecule has 2 heterocycles. The van der Waals surface area contributed by atoms with Crippen LogP contribution in [-0.2, 0) is 0 Å². The number of hydrogen-bond donors (Lipinski definition) is 1. The lowest BCUT2D eigenvalue weighted by Crippen LogP contribution is -2.46. The van der Waals surface area contributed by atoms with Crippen LogP contribution in [0.15, 0.2) is 59.1 Å². The van der Waals surface area contributed by atoms with E-state index in [1.807, 2.05) is 0 Å². The minimum Gasteiger partial charge on any atom is -0.350 e. The number of nitrogens with zero attached hydrogens (tertiary/aromatic N) is 2. The molecule has 3 aromatic rings. The van der Waals surface area contributed by atoms with E-state index in [9.17, 15) is 18.4 Å². The highest BCUT2D eigenvalue weighted by Gasteiger charge is 2.27. The third-order valence-electron chi connectivity index (χ3n) is 5.07. The Bertz CT molecular complexity index is 1060. The van der Waals surface area contributed by atoms with Gasteiger partial charge < -0.3 is 14.7 Å². The Morgan fingerprint density at radius 1 is 1.00 bits per heavy atom. The maximum Gasteiger partial charge on any atom is 0.292 e. The van der Waals surface area contributed by atoms with E-state index in [-0.39, 0.29) is 23.6 Å². The molecular weight excluding hydrogens is 392 g/mol. The number of amides is 2. The van der Waals surface area contributed by atoms with Crippen molar-refractivity contribution in [1.82, 2.24) is 15.4 Å². The van der Waals surface area contributed by atoms with Crippen molar-refractivity contribution in [3.8, 4) is 11.3 Å². The number of benzene rings is 2. The number of rotatable bonds is 4. The zero-order valence-electron chi connectivity index (χ0n) is 16.0. The van der Waals surface area contributed by atoms with Crippen LogP contribution in [0.5, 0.6) is 0 Å². The van der Waals surface area contributed by atoms with Gasteiger partial charge in [-0.25, -0.2) is 8.78 Å². The van der Waals surface area contributed by atoms with Crippen molar-refractivity contribution in [1.29, 1.82) is 0 Å². The number of piperidine rings is 1. The molecule has 2 aromatic carbocycles. The summed E-state index contributed by atoms with van der Waals surface area (Å²) in [6.07, 6.45) is 1.17. The molecule has 30 heavy (non-hydrogen) atoms. The maximum absolute atomic E-state index is 13.4. The molecule has 1 aromatic heterocycles. The minimum atomic E-state index is -0.397. The first-order chi connectivity index (χ1) is 14.5. The largest absolute Gasteiger partial charge is 0.350 e. The van der Waals surface area contributed by atoms with Crippen molar-refractivity contribution in [3.05, 3.63) is 77.6 Å². The van der Waals surface area contributed by atoms with E-state index in [1.54, 1.807) is 17.0 Å². The molecule has 2 amide bonds. The van der Waals surface area contributed by atoms with Crippen LogP contribution in [0.4, 0.5) is 8.78 Å². The third-order valence-corrected chi connectivity index (χ3v) is 5.07. The number of hydrogen-bond acceptors (Lipinski definition) is 4. The van der Waals surface area contributed by atoms with Gasteiger partial charge in [0, 0.05) is 36.3 Å². The summed E-state index contributed by atoms with van der Waals surface area (Å²) in [6.45, 7) is 0.895. The van der Waals surface area contributed by atoms with Crippen molar-refractivity contribution in [2.24, 2.45) is 0 Å². The molecule has 0 saturated carbocycles. The molecule has 1 aliphatic heterocycles. The molecule has 0 radical (unpaired) electrons. The highest BCUT2D eigenvalue weighted by atomic mass is 19.1. The standard InChI is InChI=1S/C22H19F2N3O3/c23-16-6-4-14(5-7-16)21(28)25-18-8-10-27(11-9-18)22(29)20-13-19(26-30-20)15-2-1-3-17(24)12-15/h1-7,12-13,18H,8-11H2,(H,25,28). The molecule has 0 bridgehead atoms. The van der Waals surface area contributed by atoms with E-state index in [0.717, 1.165) is 0 Å². The highest BCUT2D eigenvalue weighted by molar-refractivity contribution is 5.94. The highest BCUT2D eigenvalue weighted by Crippen LogP contribution is 2.22. The number of carbonyl (C=O) groups excluding carboxylic acids is 2. The first-order valence-electron chi connectivity index (χ1n) is 9.58. The summed E-state index contributed by atoms with van der Waals surface area (Å²) in [5.41, 5.74) is 1.31. The van der Waals surface area contributed by atoms with E-state index in [0.29, 0.717) is 42.8 Å². The second kappa shape index (κ2) is 8.44. The SMILES string of the molecule is O=C(NC1CCN(C(=O)c2cc(-c3cccc(F)c3)no2)CC1)c1ccc(F)cc1. The summed E-state index contributed by atoms with van der Waals surface area (Å²) in [5, 5.41) is 6.78. The quantitative estimate of drug-likeness (QED) is 0.711. The van der Waals surface area contributed by atoms with Crippen LogP contribution >= 0.6 is 0 Å². The number of carbonyl (C=O) groups is 2. The molecule has 1 N–H and O–H groups in total. The summed E-state index contributed by atoms with van der Waals surface area (Å²) >= 11 is 0. The van der Waals surface area contributed by atoms with Crippen LogP contribution in [0.1, 0.15) is 33.8 Å². The van der Waals surface area contributed by atoms with Crippen LogP contribution in [-0.4, -0.2) is 41.0 Å². The maximum atomic E-state index is 13.4. The van der Waals surface area contributed by atoms with Gasteiger partial charge in [-0.15, -0.1) is 0 Å². The first kappa shape index (κ1) is 19.8. The van der Waals surface area contributed by atoms with Crippen LogP contribution in [0.2, 0.25) is 0 Å². The van der Waals surface area contributed by atoms with Gasteiger partial charge in [0.1, 0.15) is 17.3 Å². The fourth-order valence-electron chi connectivity index (χ4n) is 3.41. The average Bonchev–Trinajstić information content (AvgIpc) is 3.24. The van der Waals surface area contributed by atoms with Gasteiger partial charge >= 0.3 is 0 Å². The van der Waals surface area contributed by atoms with Gasteiger partial charge in [0.2, 0.25) is 5.76 Å². The van der Waals surface area contributed by atoms with Crippen molar-refractivity contribution < 1.29 is 22.9 Å². The number of nitrogens with one attached hydrogen (secondary N) is 1. The smallest absolute Gasteiger partial charge is 0.292 e. The summed E-state index contributed by atoms with van der Waals surface area (Å²) < 4.78 is 31.5. The zero-order valence-corrected chi connectivity index (χ0v) is 16.0. The molecule has 8 heteroatoms. The van der Waals surface area contributed by atoms with E-state index >= 15 is 0 Å². The summed E-state index contributed by atoms with van der Waals surface area (Å²) in [5.74, 6) is -1.27. The molecule has 1 fully saturated rings. The van der Waals surface area contributed by atoms with Crippen molar-refractivity contribution in [3.63, 3.8) is 0 Å². The molecule has 0 spiro atoms. The van der Waals surface area contributed by atoms with Crippen LogP contribution in [0.3, 0.4) is 0 Å². The number of likely N-dealkylation sites (tertiary alicyclic amines) is 1. The van der Waals surface area contributed by atoms with Gasteiger partial charge in [-0.1, -0.05) is 17.3 Å². The lowest BCUT2D eigenvalue weighted by atomic mass is 10.0. The Morgan fingerprint density at radius 3 is 2.43 bits per heavy atom. The van der Waals surface area contributed by atoms with Gasteiger partial charge in [-0.05, 0) is 49.2 Å². The van der Waals surface area contributed by atoms with Crippen LogP contribution in [0.25, 0.3) is 11.3 Å². The van der Waals surface area contributed by atoms with Crippen LogP contribution < -0.4 is 5.32 Å². The predicted octanol–water partition coefficient (Wildman–Crippen LogP) is 3.65. The van der Waals surface area contributed by atoms with Crippen molar-refractivity contribution >= 4 is 11.8 Å². The van der Waals surface area contributed by atoms with Crippen LogP contribution in [0, 0.1) is 11.6 Å². The predicted molar refractivity (Wildman–Crippen MR) is 105 cm³/mol. The summed E-state index contributed by atoms with van der Waals surface area (Å²) in [7, 11) is 0. The molecule has 154 valence electrons. The van der Waals surface area contributed by atoms with Gasteiger partial charge in [0.15, 0.2) is 0 Å². The molecule has 1 aliphatic rings. The molecule has 0 unspecified atom stereocenters. The summed E-state index contributed by atoms with van der Waals surface area (Å²) in [6, 6.07) is 12.7. The van der Waals surface area contributed by atoms with Gasteiger partial charge in [0.25, 0.3) is 11.8 Å². The van der Waals surface area contributed by atoms with E-state index in [1.165, 1.54) is 42.5 Å². The fraction of sp³-hybridized carbons (Fsp3) is 0.227.